The van der Waals surface area contributed by atoms with Crippen LogP contribution in [0.2, 0.25) is 0 Å². The van der Waals surface area contributed by atoms with Crippen LogP contribution in [0, 0.1) is 16.7 Å². The van der Waals surface area contributed by atoms with Gasteiger partial charge in [-0.3, -0.25) is 0 Å². The molecule has 0 spiro atoms. The third kappa shape index (κ3) is 3.68. The van der Waals surface area contributed by atoms with E-state index in [0.717, 1.165) is 65.8 Å². The first kappa shape index (κ1) is 20.4. The van der Waals surface area contributed by atoms with E-state index in [0.29, 0.717) is 11.1 Å². The van der Waals surface area contributed by atoms with Crippen molar-refractivity contribution in [2.75, 3.05) is 54.2 Å². The lowest BCUT2D eigenvalue weighted by molar-refractivity contribution is 0.821. The zero-order chi connectivity index (χ0) is 22.0. The quantitative estimate of drug-likeness (QED) is 0.565. The average Bonchev–Trinajstić information content (AvgIpc) is 2.97. The molecule has 0 fully saturated rings. The van der Waals surface area contributed by atoms with Crippen molar-refractivity contribution < 1.29 is 0 Å². The Morgan fingerprint density at radius 2 is 2.10 bits per heavy atom. The molecule has 0 radical (unpaired) electrons. The van der Waals surface area contributed by atoms with Crippen molar-refractivity contribution in [3.8, 4) is 6.07 Å². The minimum Gasteiger partial charge on any atom is -0.393 e. The van der Waals surface area contributed by atoms with Gasteiger partial charge in [-0.05, 0) is 24.3 Å². The van der Waals surface area contributed by atoms with Crippen LogP contribution in [0.1, 0.15) is 17.5 Å². The zero-order valence-electron chi connectivity index (χ0n) is 17.9. The summed E-state index contributed by atoms with van der Waals surface area (Å²) >= 11 is 0. The predicted octanol–water partition coefficient (Wildman–Crippen LogP) is 4.10. The van der Waals surface area contributed by atoms with Crippen LogP contribution in [0.5, 0.6) is 0 Å². The van der Waals surface area contributed by atoms with E-state index in [2.05, 4.69) is 57.6 Å². The summed E-state index contributed by atoms with van der Waals surface area (Å²) in [4.78, 5) is 4.47. The Morgan fingerprint density at radius 3 is 2.84 bits per heavy atom. The van der Waals surface area contributed by atoms with E-state index in [4.69, 9.17) is 5.41 Å². The first-order chi connectivity index (χ1) is 15.1. The lowest BCUT2D eigenvalue weighted by Crippen LogP contribution is -2.37. The molecule has 0 atom stereocenters. The Hall–Kier alpha value is -3.92. The van der Waals surface area contributed by atoms with Crippen molar-refractivity contribution in [3.63, 3.8) is 0 Å². The molecule has 4 N–H and O–H groups in total. The molecule has 4 rings (SSSR count). The molecular weight excluding hydrogens is 386 g/mol. The van der Waals surface area contributed by atoms with Gasteiger partial charge >= 0.3 is 0 Å². The maximum atomic E-state index is 9.88. The second-order valence-electron chi connectivity index (χ2n) is 7.71. The number of allylic oxidation sites excluding steroid dienone is 1. The van der Waals surface area contributed by atoms with Crippen LogP contribution in [-0.2, 0) is 0 Å². The monoisotopic (exact) mass is 413 g/mol. The van der Waals surface area contributed by atoms with Crippen LogP contribution in [0.4, 0.5) is 28.4 Å². The Bertz CT molecular complexity index is 1110. The van der Waals surface area contributed by atoms with Gasteiger partial charge in [0.25, 0.3) is 0 Å². The molecule has 31 heavy (non-hydrogen) atoms. The Kier molecular flexibility index (Phi) is 5.54. The summed E-state index contributed by atoms with van der Waals surface area (Å²) in [6, 6.07) is 12.5. The van der Waals surface area contributed by atoms with Crippen molar-refractivity contribution in [3.05, 3.63) is 59.9 Å². The van der Waals surface area contributed by atoms with Crippen LogP contribution >= 0.6 is 0 Å². The molecule has 158 valence electrons. The van der Waals surface area contributed by atoms with E-state index in [1.54, 1.807) is 13.2 Å². The Labute approximate surface area is 183 Å². The molecule has 0 saturated carbocycles. The predicted molar refractivity (Wildman–Crippen MR) is 130 cm³/mol. The van der Waals surface area contributed by atoms with E-state index in [-0.39, 0.29) is 0 Å². The highest BCUT2D eigenvalue weighted by Gasteiger charge is 2.27. The maximum Gasteiger partial charge on any atom is 0.0999 e. The van der Waals surface area contributed by atoms with Gasteiger partial charge in [-0.1, -0.05) is 12.6 Å². The highest BCUT2D eigenvalue weighted by Crippen LogP contribution is 2.45. The van der Waals surface area contributed by atoms with Gasteiger partial charge in [0.05, 0.1) is 40.1 Å². The lowest BCUT2D eigenvalue weighted by atomic mass is 9.97. The number of hydrogen-bond donors (Lipinski definition) is 4. The van der Waals surface area contributed by atoms with Gasteiger partial charge in [0.2, 0.25) is 0 Å². The molecule has 0 amide bonds. The van der Waals surface area contributed by atoms with Crippen LogP contribution in [0.3, 0.4) is 0 Å². The smallest absolute Gasteiger partial charge is 0.0999 e. The number of anilines is 5. The number of nitriles is 1. The number of hydrogen-bond acceptors (Lipinski definition) is 7. The molecule has 2 aromatic rings. The van der Waals surface area contributed by atoms with Gasteiger partial charge < -0.3 is 31.2 Å². The van der Waals surface area contributed by atoms with Crippen molar-refractivity contribution in [2.24, 2.45) is 0 Å². The standard InChI is InChI=1S/C24H27N7/c1-16-7-8-28-24-20(29-16)5-4-6-21(24)31-10-9-30(3)22-12-19(18(14-26)15-27-2)17(13-25)11-23(22)31/h4-6,11-12,14-15,26-29H,1,7-10H2,2-3H3/b18-15+,26-14?. The number of para-hydroxylation sites is 1. The fourth-order valence-corrected chi connectivity index (χ4v) is 4.17. The summed E-state index contributed by atoms with van der Waals surface area (Å²) in [5.41, 5.74) is 8.12. The Morgan fingerprint density at radius 1 is 1.26 bits per heavy atom. The maximum absolute atomic E-state index is 9.88. The molecule has 0 aliphatic carbocycles. The molecule has 2 aromatic carbocycles. The largest absolute Gasteiger partial charge is 0.393 e. The molecule has 0 aromatic heterocycles. The van der Waals surface area contributed by atoms with Gasteiger partial charge in [0.1, 0.15) is 0 Å². The average molecular weight is 414 g/mol. The van der Waals surface area contributed by atoms with Gasteiger partial charge in [-0.15, -0.1) is 0 Å². The van der Waals surface area contributed by atoms with E-state index >= 15 is 0 Å². The number of nitrogens with one attached hydrogen (secondary N) is 4. The van der Waals surface area contributed by atoms with Crippen LogP contribution < -0.4 is 25.8 Å². The van der Waals surface area contributed by atoms with Gasteiger partial charge in [-0.25, -0.2) is 0 Å². The van der Waals surface area contributed by atoms with Gasteiger partial charge in [0.15, 0.2) is 0 Å². The number of benzene rings is 2. The molecule has 0 bridgehead atoms. The van der Waals surface area contributed by atoms with E-state index in [1.807, 2.05) is 18.2 Å². The second kappa shape index (κ2) is 8.44. The number of likely N-dealkylation sites (N-methyl/N-ethyl adjacent to an activating group) is 1. The first-order valence-electron chi connectivity index (χ1n) is 10.3. The van der Waals surface area contributed by atoms with Gasteiger partial charge in [0, 0.05) is 69.4 Å². The SMILES string of the molecule is C=C1CCNc2c(cccc2N2CCN(C)c3cc(/C(C=N)=C/NC)c(C#N)cc32)N1. The highest BCUT2D eigenvalue weighted by atomic mass is 15.3. The molecule has 2 heterocycles. The molecule has 7 nitrogen and oxygen atoms in total. The fourth-order valence-electron chi connectivity index (χ4n) is 4.17. The molecule has 2 aliphatic rings. The fraction of sp³-hybridized carbons (Fsp3) is 0.250. The van der Waals surface area contributed by atoms with Crippen molar-refractivity contribution in [2.45, 2.75) is 6.42 Å². The summed E-state index contributed by atoms with van der Waals surface area (Å²) in [7, 11) is 3.85. The number of nitrogens with zero attached hydrogens (tertiary/aromatic N) is 3. The van der Waals surface area contributed by atoms with E-state index in [9.17, 15) is 5.26 Å². The highest BCUT2D eigenvalue weighted by molar-refractivity contribution is 6.10. The molecule has 7 heteroatoms. The topological polar surface area (TPSA) is 90.2 Å². The van der Waals surface area contributed by atoms with Gasteiger partial charge in [-0.2, -0.15) is 5.26 Å². The van der Waals surface area contributed by atoms with Crippen LogP contribution in [-0.4, -0.2) is 39.9 Å². The van der Waals surface area contributed by atoms with Crippen molar-refractivity contribution in [1.82, 2.24) is 5.32 Å². The molecular formula is C24H27N7. The summed E-state index contributed by atoms with van der Waals surface area (Å²) in [6.45, 7) is 6.56. The lowest BCUT2D eigenvalue weighted by Gasteiger charge is -2.38. The van der Waals surface area contributed by atoms with E-state index < -0.39 is 0 Å². The van der Waals surface area contributed by atoms with Crippen LogP contribution in [0.25, 0.3) is 5.57 Å². The second-order valence-corrected chi connectivity index (χ2v) is 7.71. The molecule has 0 unspecified atom stereocenters. The zero-order valence-corrected chi connectivity index (χ0v) is 17.9. The summed E-state index contributed by atoms with van der Waals surface area (Å²) < 4.78 is 0. The van der Waals surface area contributed by atoms with Crippen LogP contribution in [0.15, 0.2) is 48.8 Å². The van der Waals surface area contributed by atoms with Crippen molar-refractivity contribution in [1.29, 1.82) is 10.7 Å². The molecule has 2 aliphatic heterocycles. The third-order valence-electron chi connectivity index (χ3n) is 5.74. The third-order valence-corrected chi connectivity index (χ3v) is 5.74. The summed E-state index contributed by atoms with van der Waals surface area (Å²) in [5.74, 6) is 0. The minimum atomic E-state index is 0.547. The van der Waals surface area contributed by atoms with Crippen molar-refractivity contribution >= 4 is 40.2 Å². The summed E-state index contributed by atoms with van der Waals surface area (Å²) in [5, 5.41) is 27.6. The Balaban J connectivity index is 1.87. The van der Waals surface area contributed by atoms with E-state index in [1.165, 1.54) is 6.21 Å². The first-order valence-corrected chi connectivity index (χ1v) is 10.3. The minimum absolute atomic E-state index is 0.547. The normalized spacial score (nSPS) is 15.6. The summed E-state index contributed by atoms with van der Waals surface area (Å²) in [6.07, 6.45) is 3.88. The number of rotatable bonds is 4. The molecule has 0 saturated heterocycles. The number of fused-ring (bicyclic) bond motifs is 2.